The van der Waals surface area contributed by atoms with Crippen LogP contribution in [0.25, 0.3) is 0 Å². The minimum atomic E-state index is -1.04. The summed E-state index contributed by atoms with van der Waals surface area (Å²) in [6.45, 7) is 4.68. The van der Waals surface area contributed by atoms with Crippen LogP contribution in [-0.4, -0.2) is 53.9 Å². The van der Waals surface area contributed by atoms with E-state index in [0.29, 0.717) is 0 Å². The molecular formula is C30H31NO7. The van der Waals surface area contributed by atoms with E-state index in [1.165, 1.54) is 6.92 Å². The molecule has 198 valence electrons. The summed E-state index contributed by atoms with van der Waals surface area (Å²) in [5, 5.41) is 13.7. The molecule has 8 nitrogen and oxygen atoms in total. The first-order valence-corrected chi connectivity index (χ1v) is 12.5. The maximum atomic E-state index is 12.0. The van der Waals surface area contributed by atoms with Crippen LogP contribution in [0.4, 0.5) is 0 Å². The SMILES string of the molecule is CC(=O)OC1C(C(COC(c2ccccc2)(c2ccccc2)c2ccccc2)=NO)OC2OC(C)(C)OC21. The van der Waals surface area contributed by atoms with Gasteiger partial charge in [0.05, 0.1) is 6.61 Å². The van der Waals surface area contributed by atoms with Gasteiger partial charge in [0.1, 0.15) is 17.4 Å². The number of rotatable bonds is 8. The molecule has 2 heterocycles. The van der Waals surface area contributed by atoms with Gasteiger partial charge in [-0.05, 0) is 30.5 Å². The number of benzene rings is 3. The predicted molar refractivity (Wildman–Crippen MR) is 139 cm³/mol. The molecule has 2 saturated heterocycles. The van der Waals surface area contributed by atoms with E-state index in [0.717, 1.165) is 16.7 Å². The number of esters is 1. The Balaban J connectivity index is 1.52. The van der Waals surface area contributed by atoms with Crippen molar-refractivity contribution in [2.45, 2.75) is 56.8 Å². The number of carbonyl (C=O) groups excluding carboxylic acids is 1. The molecule has 38 heavy (non-hydrogen) atoms. The summed E-state index contributed by atoms with van der Waals surface area (Å²) in [6, 6.07) is 29.5. The zero-order chi connectivity index (χ0) is 26.8. The van der Waals surface area contributed by atoms with E-state index in [9.17, 15) is 10.0 Å². The highest BCUT2D eigenvalue weighted by molar-refractivity contribution is 5.91. The topological polar surface area (TPSA) is 95.8 Å². The van der Waals surface area contributed by atoms with Gasteiger partial charge in [0.25, 0.3) is 0 Å². The van der Waals surface area contributed by atoms with Crippen LogP contribution in [0.2, 0.25) is 0 Å². The largest absolute Gasteiger partial charge is 0.456 e. The number of carbonyl (C=O) groups is 1. The van der Waals surface area contributed by atoms with E-state index in [-0.39, 0.29) is 12.3 Å². The molecule has 8 heteroatoms. The van der Waals surface area contributed by atoms with E-state index >= 15 is 0 Å². The summed E-state index contributed by atoms with van der Waals surface area (Å²) < 4.78 is 30.2. The molecule has 0 saturated carbocycles. The van der Waals surface area contributed by atoms with Crippen molar-refractivity contribution in [2.75, 3.05) is 6.61 Å². The molecule has 2 fully saturated rings. The number of fused-ring (bicyclic) bond motifs is 1. The zero-order valence-corrected chi connectivity index (χ0v) is 21.5. The lowest BCUT2D eigenvalue weighted by Gasteiger charge is -2.36. The molecule has 4 unspecified atom stereocenters. The number of oxime groups is 1. The predicted octanol–water partition coefficient (Wildman–Crippen LogP) is 4.63. The third kappa shape index (κ3) is 4.96. The molecule has 0 bridgehead atoms. The smallest absolute Gasteiger partial charge is 0.303 e. The fourth-order valence-electron chi connectivity index (χ4n) is 5.19. The monoisotopic (exact) mass is 517 g/mol. The van der Waals surface area contributed by atoms with Gasteiger partial charge in [-0.25, -0.2) is 0 Å². The standard InChI is InChI=1S/C30H31NO7/c1-20(32)35-26-25(36-28-27(26)37-29(2,3)38-28)24(31-33)19-34-30(21-13-7-4-8-14-21,22-15-9-5-10-16-22)23-17-11-6-12-18-23/h4-18,25-28,33H,19H2,1-3H3. The van der Waals surface area contributed by atoms with Crippen LogP contribution in [0.3, 0.4) is 0 Å². The van der Waals surface area contributed by atoms with Gasteiger partial charge >= 0.3 is 5.97 Å². The molecule has 3 aromatic rings. The number of ether oxygens (including phenoxy) is 5. The van der Waals surface area contributed by atoms with Gasteiger partial charge in [0.2, 0.25) is 0 Å². The third-order valence-corrected chi connectivity index (χ3v) is 6.73. The first kappa shape index (κ1) is 26.1. The lowest BCUT2D eigenvalue weighted by atomic mass is 9.80. The van der Waals surface area contributed by atoms with Crippen LogP contribution >= 0.6 is 0 Å². The fraction of sp³-hybridized carbons (Fsp3) is 0.333. The minimum Gasteiger partial charge on any atom is -0.456 e. The van der Waals surface area contributed by atoms with Crippen molar-refractivity contribution in [2.24, 2.45) is 5.16 Å². The van der Waals surface area contributed by atoms with Gasteiger partial charge in [0.15, 0.2) is 24.3 Å². The first-order valence-electron chi connectivity index (χ1n) is 12.5. The maximum absolute atomic E-state index is 12.0. The summed E-state index contributed by atoms with van der Waals surface area (Å²) in [6.07, 6.45) is -3.29. The lowest BCUT2D eigenvalue weighted by molar-refractivity contribution is -0.211. The average Bonchev–Trinajstić information content (AvgIpc) is 3.40. The van der Waals surface area contributed by atoms with Crippen molar-refractivity contribution in [3.8, 4) is 0 Å². The van der Waals surface area contributed by atoms with Gasteiger partial charge in [-0.1, -0.05) is 96.2 Å². The highest BCUT2D eigenvalue weighted by Crippen LogP contribution is 2.42. The van der Waals surface area contributed by atoms with Crippen LogP contribution in [0.1, 0.15) is 37.5 Å². The van der Waals surface area contributed by atoms with Crippen molar-refractivity contribution in [3.63, 3.8) is 0 Å². The number of hydrogen-bond donors (Lipinski definition) is 1. The summed E-state index contributed by atoms with van der Waals surface area (Å²) in [5.41, 5.74) is 1.78. The Hall–Kier alpha value is -3.56. The molecule has 0 amide bonds. The van der Waals surface area contributed by atoms with Crippen molar-refractivity contribution < 1.29 is 33.7 Å². The highest BCUT2D eigenvalue weighted by atomic mass is 16.8. The van der Waals surface area contributed by atoms with Crippen molar-refractivity contribution >= 4 is 11.7 Å². The van der Waals surface area contributed by atoms with Gasteiger partial charge in [-0.2, -0.15) is 0 Å². The van der Waals surface area contributed by atoms with Crippen molar-refractivity contribution in [1.29, 1.82) is 0 Å². The second kappa shape index (κ2) is 10.7. The number of hydrogen-bond acceptors (Lipinski definition) is 8. The molecule has 1 N–H and O–H groups in total. The van der Waals surface area contributed by atoms with Crippen LogP contribution < -0.4 is 0 Å². The van der Waals surface area contributed by atoms with E-state index in [2.05, 4.69) is 5.16 Å². The Morgan fingerprint density at radius 3 is 1.84 bits per heavy atom. The molecule has 0 radical (unpaired) electrons. The van der Waals surface area contributed by atoms with Crippen molar-refractivity contribution in [3.05, 3.63) is 108 Å². The summed E-state index contributed by atoms with van der Waals surface area (Å²) in [5.74, 6) is -1.42. The Kier molecular flexibility index (Phi) is 7.32. The van der Waals surface area contributed by atoms with E-state index < -0.39 is 42.0 Å². The normalized spacial score (nSPS) is 24.7. The van der Waals surface area contributed by atoms with Gasteiger partial charge in [-0.15, -0.1) is 0 Å². The molecule has 3 aromatic carbocycles. The van der Waals surface area contributed by atoms with Crippen LogP contribution in [0, 0.1) is 0 Å². The highest BCUT2D eigenvalue weighted by Gasteiger charge is 2.58. The van der Waals surface area contributed by atoms with Crippen LogP contribution in [0.15, 0.2) is 96.2 Å². The van der Waals surface area contributed by atoms with E-state index in [4.69, 9.17) is 23.7 Å². The van der Waals surface area contributed by atoms with Crippen LogP contribution in [-0.2, 0) is 34.1 Å². The Morgan fingerprint density at radius 2 is 1.39 bits per heavy atom. The second-order valence-corrected chi connectivity index (χ2v) is 9.76. The Bertz CT molecular complexity index is 1170. The summed E-state index contributed by atoms with van der Waals surface area (Å²) >= 11 is 0. The molecule has 2 aliphatic rings. The molecular weight excluding hydrogens is 486 g/mol. The molecule has 2 aliphatic heterocycles. The molecule has 5 rings (SSSR count). The Labute approximate surface area is 221 Å². The fourth-order valence-corrected chi connectivity index (χ4v) is 5.19. The lowest BCUT2D eigenvalue weighted by Crippen LogP contribution is -2.44. The average molecular weight is 518 g/mol. The second-order valence-electron chi connectivity index (χ2n) is 9.76. The molecule has 4 atom stereocenters. The first-order chi connectivity index (χ1) is 18.3. The zero-order valence-electron chi connectivity index (χ0n) is 21.5. The number of nitrogens with zero attached hydrogens (tertiary/aromatic N) is 1. The summed E-state index contributed by atoms with van der Waals surface area (Å²) in [4.78, 5) is 12.0. The van der Waals surface area contributed by atoms with Crippen molar-refractivity contribution in [1.82, 2.24) is 0 Å². The van der Waals surface area contributed by atoms with Crippen LogP contribution in [0.5, 0.6) is 0 Å². The van der Waals surface area contributed by atoms with E-state index in [1.807, 2.05) is 91.0 Å². The summed E-state index contributed by atoms with van der Waals surface area (Å²) in [7, 11) is 0. The minimum absolute atomic E-state index is 0.138. The third-order valence-electron chi connectivity index (χ3n) is 6.73. The molecule has 0 aliphatic carbocycles. The van der Waals surface area contributed by atoms with E-state index in [1.54, 1.807) is 13.8 Å². The Morgan fingerprint density at radius 1 is 0.895 bits per heavy atom. The maximum Gasteiger partial charge on any atom is 0.303 e. The molecule has 0 spiro atoms. The quantitative estimate of drug-likeness (QED) is 0.153. The van der Waals surface area contributed by atoms with Gasteiger partial charge in [0, 0.05) is 6.92 Å². The van der Waals surface area contributed by atoms with Gasteiger partial charge in [-0.3, -0.25) is 4.79 Å². The molecule has 0 aromatic heterocycles. The van der Waals surface area contributed by atoms with Gasteiger partial charge < -0.3 is 28.9 Å².